The van der Waals surface area contributed by atoms with E-state index in [0.29, 0.717) is 0 Å². The molecule has 0 aliphatic heterocycles. The zero-order valence-corrected chi connectivity index (χ0v) is 6.23. The first-order valence-electron chi connectivity index (χ1n) is 1.67. The van der Waals surface area contributed by atoms with Crippen LogP contribution >= 0.6 is 0 Å². The summed E-state index contributed by atoms with van der Waals surface area (Å²) < 4.78 is 0. The summed E-state index contributed by atoms with van der Waals surface area (Å²) in [5.74, 6) is 0. The summed E-state index contributed by atoms with van der Waals surface area (Å²) in [5.41, 5.74) is 0. The van der Waals surface area contributed by atoms with Gasteiger partial charge in [0.05, 0.1) is 0 Å². The summed E-state index contributed by atoms with van der Waals surface area (Å²) in [7, 11) is 0. The molecule has 0 radical (unpaired) electrons. The molecule has 0 fully saturated rings. The van der Waals surface area contributed by atoms with Gasteiger partial charge in [0.25, 0.3) is 0 Å². The third-order valence-electron chi connectivity index (χ3n) is 0.556. The maximum atomic E-state index is 2.00. The molecule has 0 unspecified atom stereocenters. The van der Waals surface area contributed by atoms with Gasteiger partial charge in [-0.05, 0) is 0 Å². The van der Waals surface area contributed by atoms with Crippen LogP contribution in [0.15, 0.2) is 30.3 Å². The van der Waals surface area contributed by atoms with Gasteiger partial charge in [-0.25, -0.2) is 12.1 Å². The number of rotatable bonds is 0. The molecule has 1 aromatic rings. The zero-order chi connectivity index (χ0) is 3.54. The Hall–Kier alpha value is 0.0383. The molecule has 0 saturated heterocycles. The van der Waals surface area contributed by atoms with Crippen LogP contribution in [0.4, 0.5) is 0 Å². The van der Waals surface area contributed by atoms with Gasteiger partial charge >= 0.3 is 21.1 Å². The largest absolute Gasteiger partial charge is 2.00 e. The monoisotopic (exact) mass is 249 g/mol. The third kappa shape index (κ3) is 1.47. The van der Waals surface area contributed by atoms with Crippen molar-refractivity contribution in [3.05, 3.63) is 30.3 Å². The molecule has 6 heavy (non-hydrogen) atoms. The van der Waals surface area contributed by atoms with Crippen molar-refractivity contribution in [2.24, 2.45) is 0 Å². The van der Waals surface area contributed by atoms with Gasteiger partial charge in [-0.3, -0.25) is 0 Å². The maximum absolute atomic E-state index is 2.00. The predicted molar refractivity (Wildman–Crippen MR) is 22.0 cm³/mol. The quantitative estimate of drug-likeness (QED) is 0.609. The molecule has 0 N–H and O–H groups in total. The Morgan fingerprint density at radius 2 is 1.50 bits per heavy atom. The molecule has 30 valence electrons. The van der Waals surface area contributed by atoms with E-state index >= 15 is 0 Å². The molecule has 1 aromatic carbocycles. The van der Waals surface area contributed by atoms with Crippen molar-refractivity contribution in [2.45, 2.75) is 0 Å². The Bertz CT molecular complexity index is 60.4. The summed E-state index contributed by atoms with van der Waals surface area (Å²) in [6.45, 7) is 0. The zero-order valence-electron chi connectivity index (χ0n) is 3.29. The van der Waals surface area contributed by atoms with Gasteiger partial charge in [-0.1, -0.05) is 0 Å². The second-order valence-corrected chi connectivity index (χ2v) is 0.962. The van der Waals surface area contributed by atoms with Gasteiger partial charge < -0.3 is 0 Å². The molecule has 0 heterocycles. The van der Waals surface area contributed by atoms with Gasteiger partial charge in [-0.2, -0.15) is 18.2 Å². The van der Waals surface area contributed by atoms with E-state index in [1.165, 1.54) is 0 Å². The van der Waals surface area contributed by atoms with Gasteiger partial charge in [0, 0.05) is 0 Å². The van der Waals surface area contributed by atoms with Crippen molar-refractivity contribution in [2.75, 3.05) is 0 Å². The van der Waals surface area contributed by atoms with Crippen LogP contribution in [0.5, 0.6) is 0 Å². The normalized spacial score (nSPS) is 6.67. The topological polar surface area (TPSA) is 0 Å². The van der Waals surface area contributed by atoms with Crippen molar-refractivity contribution in [3.8, 4) is 0 Å². The first kappa shape index (κ1) is 6.04. The Morgan fingerprint density at radius 1 is 1.00 bits per heavy atom. The molecule has 1 rings (SSSR count). The Morgan fingerprint density at radius 3 is 1.67 bits per heavy atom. The molecule has 0 bridgehead atoms. The van der Waals surface area contributed by atoms with Crippen LogP contribution in [0, 0.1) is 0 Å². The van der Waals surface area contributed by atoms with E-state index in [1.54, 1.807) is 0 Å². The summed E-state index contributed by atoms with van der Waals surface area (Å²) in [6, 6.07) is 10.0. The number of hydrogen-bond acceptors (Lipinski definition) is 0. The molecule has 0 aliphatic carbocycles. The van der Waals surface area contributed by atoms with E-state index in [4.69, 9.17) is 0 Å². The molecule has 0 aromatic heterocycles. The van der Waals surface area contributed by atoms with Gasteiger partial charge in [0.1, 0.15) is 0 Å². The van der Waals surface area contributed by atoms with Crippen LogP contribution in [0.1, 0.15) is 0 Å². The molecule has 0 saturated carbocycles. The summed E-state index contributed by atoms with van der Waals surface area (Å²) in [5, 5.41) is 0. The Labute approximate surface area is 51.8 Å². The molecule has 0 atom stereocenters. The summed E-state index contributed by atoms with van der Waals surface area (Å²) >= 11 is 0. The van der Waals surface area contributed by atoms with Crippen molar-refractivity contribution < 1.29 is 21.1 Å². The van der Waals surface area contributed by atoms with Crippen LogP contribution in [0.25, 0.3) is 0 Å². The van der Waals surface area contributed by atoms with E-state index < -0.39 is 0 Å². The molecule has 0 amide bonds. The summed E-state index contributed by atoms with van der Waals surface area (Å²) in [4.78, 5) is 0. The standard InChI is InChI=1S/C5H5.W/c1-2-4-5-3-1;/h1-5H;/q-1;+2. The minimum atomic E-state index is 0. The van der Waals surface area contributed by atoms with Crippen LogP contribution < -0.4 is 0 Å². The smallest absolute Gasteiger partial charge is 0.214 e. The van der Waals surface area contributed by atoms with Gasteiger partial charge in [0.2, 0.25) is 0 Å². The maximum Gasteiger partial charge on any atom is 2.00 e. The fourth-order valence-electron chi connectivity index (χ4n) is 0.321. The third-order valence-corrected chi connectivity index (χ3v) is 0.556. The van der Waals surface area contributed by atoms with E-state index in [9.17, 15) is 0 Å². The molecule has 1 heteroatoms. The van der Waals surface area contributed by atoms with Crippen LogP contribution in [0.3, 0.4) is 0 Å². The minimum Gasteiger partial charge on any atom is -0.214 e. The first-order chi connectivity index (χ1) is 2.50. The van der Waals surface area contributed by atoms with E-state index in [0.717, 1.165) is 0 Å². The average molecular weight is 249 g/mol. The van der Waals surface area contributed by atoms with Crippen molar-refractivity contribution in [3.63, 3.8) is 0 Å². The first-order valence-corrected chi connectivity index (χ1v) is 1.67. The van der Waals surface area contributed by atoms with Crippen LogP contribution in [-0.2, 0) is 21.1 Å². The fourth-order valence-corrected chi connectivity index (χ4v) is 0.321. The van der Waals surface area contributed by atoms with E-state index in [2.05, 4.69) is 0 Å². The SMILES string of the molecule is [W+2].c1cc[cH-]c1. The van der Waals surface area contributed by atoms with E-state index in [-0.39, 0.29) is 21.1 Å². The molecule has 0 nitrogen and oxygen atoms in total. The van der Waals surface area contributed by atoms with Gasteiger partial charge in [-0.15, -0.1) is 0 Å². The molecular formula is C5H5W+. The predicted octanol–water partition coefficient (Wildman–Crippen LogP) is 1.40. The van der Waals surface area contributed by atoms with Crippen LogP contribution in [-0.4, -0.2) is 0 Å². The second-order valence-electron chi connectivity index (χ2n) is 0.962. The van der Waals surface area contributed by atoms with Crippen LogP contribution in [0.2, 0.25) is 0 Å². The van der Waals surface area contributed by atoms with Crippen molar-refractivity contribution in [1.82, 2.24) is 0 Å². The van der Waals surface area contributed by atoms with Crippen molar-refractivity contribution in [1.29, 1.82) is 0 Å². The average Bonchev–Trinajstić information content (AvgIpc) is 1.76. The fraction of sp³-hybridized carbons (Fsp3) is 0. The van der Waals surface area contributed by atoms with E-state index in [1.807, 2.05) is 30.3 Å². The Kier molecular flexibility index (Phi) is 3.26. The molecule has 0 aliphatic rings. The number of hydrogen-bond donors (Lipinski definition) is 0. The van der Waals surface area contributed by atoms with Gasteiger partial charge in [0.15, 0.2) is 0 Å². The Balaban J connectivity index is 0.000000250. The molecule has 0 spiro atoms. The minimum absolute atomic E-state index is 0. The van der Waals surface area contributed by atoms with Crippen molar-refractivity contribution >= 4 is 0 Å². The second kappa shape index (κ2) is 3.24. The summed E-state index contributed by atoms with van der Waals surface area (Å²) in [6.07, 6.45) is 0. The molecular weight excluding hydrogens is 244 g/mol.